The van der Waals surface area contributed by atoms with Crippen molar-refractivity contribution in [3.63, 3.8) is 0 Å². The molecule has 2 atom stereocenters. The van der Waals surface area contributed by atoms with E-state index < -0.39 is 0 Å². The number of benzene rings is 1. The van der Waals surface area contributed by atoms with Crippen LogP contribution in [0.25, 0.3) is 0 Å². The summed E-state index contributed by atoms with van der Waals surface area (Å²) in [6, 6.07) is 10.1. The summed E-state index contributed by atoms with van der Waals surface area (Å²) in [5.41, 5.74) is 2.69. The molecule has 2 heterocycles. The van der Waals surface area contributed by atoms with Gasteiger partial charge in [0.15, 0.2) is 5.96 Å². The van der Waals surface area contributed by atoms with E-state index in [1.54, 1.807) is 0 Å². The van der Waals surface area contributed by atoms with Gasteiger partial charge in [-0.05, 0) is 37.4 Å². The van der Waals surface area contributed by atoms with Crippen LogP contribution in [-0.4, -0.2) is 85.6 Å². The first kappa shape index (κ1) is 26.4. The van der Waals surface area contributed by atoms with Crippen LogP contribution in [0.3, 0.4) is 0 Å². The Hall–Kier alpha value is -0.900. The Kier molecular flexibility index (Phi) is 11.0. The molecule has 31 heavy (non-hydrogen) atoms. The predicted octanol–water partition coefficient (Wildman–Crippen LogP) is 2.84. The van der Waals surface area contributed by atoms with Crippen molar-refractivity contribution in [3.05, 3.63) is 35.4 Å². The first-order valence-corrected chi connectivity index (χ1v) is 11.7. The monoisotopic (exact) mass is 542 g/mol. The molecule has 2 aliphatic rings. The lowest BCUT2D eigenvalue weighted by molar-refractivity contribution is 0.132. The quantitative estimate of drug-likeness (QED) is 0.315. The Balaban J connectivity index is 0.00000341. The summed E-state index contributed by atoms with van der Waals surface area (Å²) in [5.74, 6) is 1.53. The lowest BCUT2D eigenvalue weighted by Gasteiger charge is -2.34. The molecular formula is C24H43IN6. The Bertz CT molecular complexity index is 669. The Labute approximate surface area is 206 Å². The molecule has 0 aliphatic carbocycles. The zero-order chi connectivity index (χ0) is 21.5. The number of nitrogens with one attached hydrogen (secondary N) is 2. The lowest BCUT2D eigenvalue weighted by atomic mass is 10.1. The number of nitrogens with zero attached hydrogens (tertiary/aromatic N) is 4. The maximum atomic E-state index is 4.44. The van der Waals surface area contributed by atoms with Crippen LogP contribution in [0.1, 0.15) is 38.8 Å². The van der Waals surface area contributed by atoms with Gasteiger partial charge in [-0.1, -0.05) is 38.1 Å². The summed E-state index contributed by atoms with van der Waals surface area (Å²) >= 11 is 0. The van der Waals surface area contributed by atoms with E-state index >= 15 is 0 Å². The van der Waals surface area contributed by atoms with E-state index in [1.165, 1.54) is 43.9 Å². The van der Waals surface area contributed by atoms with Crippen molar-refractivity contribution in [2.75, 3.05) is 52.9 Å². The number of guanidine groups is 1. The molecule has 176 valence electrons. The third-order valence-corrected chi connectivity index (χ3v) is 6.72. The Morgan fingerprint density at radius 3 is 2.19 bits per heavy atom. The van der Waals surface area contributed by atoms with Gasteiger partial charge in [-0.25, -0.2) is 0 Å². The van der Waals surface area contributed by atoms with Gasteiger partial charge in [-0.3, -0.25) is 14.8 Å². The zero-order valence-corrected chi connectivity index (χ0v) is 22.4. The van der Waals surface area contributed by atoms with Crippen LogP contribution in [-0.2, 0) is 13.1 Å². The molecule has 3 rings (SSSR count). The van der Waals surface area contributed by atoms with Gasteiger partial charge in [0.05, 0.1) is 0 Å². The van der Waals surface area contributed by atoms with Crippen LogP contribution in [0, 0.1) is 5.92 Å². The minimum atomic E-state index is 0. The van der Waals surface area contributed by atoms with Crippen LogP contribution in [0.2, 0.25) is 0 Å². The molecule has 1 aromatic rings. The number of likely N-dealkylation sites (N-methyl/N-ethyl adjacent to an activating group) is 1. The second kappa shape index (κ2) is 13.0. The lowest BCUT2D eigenvalue weighted by Crippen LogP contribution is -2.46. The van der Waals surface area contributed by atoms with E-state index in [9.17, 15) is 0 Å². The number of hydrogen-bond acceptors (Lipinski definition) is 4. The third kappa shape index (κ3) is 7.87. The van der Waals surface area contributed by atoms with Gasteiger partial charge in [0, 0.05) is 71.5 Å². The molecular weight excluding hydrogens is 499 g/mol. The minimum Gasteiger partial charge on any atom is -0.352 e. The third-order valence-electron chi connectivity index (χ3n) is 6.72. The summed E-state index contributed by atoms with van der Waals surface area (Å²) < 4.78 is 0. The van der Waals surface area contributed by atoms with Crippen molar-refractivity contribution < 1.29 is 0 Å². The molecule has 0 spiro atoms. The molecule has 1 aromatic carbocycles. The average Bonchev–Trinajstić information content (AvgIpc) is 3.13. The molecule has 7 heteroatoms. The van der Waals surface area contributed by atoms with Crippen LogP contribution in [0.4, 0.5) is 0 Å². The van der Waals surface area contributed by atoms with Gasteiger partial charge in [0.25, 0.3) is 0 Å². The van der Waals surface area contributed by atoms with E-state index in [0.717, 1.165) is 32.1 Å². The van der Waals surface area contributed by atoms with Crippen LogP contribution in [0.5, 0.6) is 0 Å². The van der Waals surface area contributed by atoms with Crippen molar-refractivity contribution in [1.82, 2.24) is 25.3 Å². The summed E-state index contributed by atoms with van der Waals surface area (Å²) in [6.45, 7) is 19.1. The standard InChI is InChI=1S/C24H42N6.HI/c1-6-28-11-13-29(14-12-28)17-22-9-7-21(8-10-22)15-26-24(25-5)27-23-18-30(19(2)3)16-20(23)4;/h7-10,19-20,23H,6,11-18H2,1-5H3,(H2,25,26,27);1H. The van der Waals surface area contributed by atoms with Crippen molar-refractivity contribution >= 4 is 29.9 Å². The second-order valence-corrected chi connectivity index (χ2v) is 9.23. The average molecular weight is 543 g/mol. The van der Waals surface area contributed by atoms with Crippen LogP contribution >= 0.6 is 24.0 Å². The normalized spacial score (nSPS) is 23.7. The van der Waals surface area contributed by atoms with Gasteiger partial charge in [-0.2, -0.15) is 0 Å². The van der Waals surface area contributed by atoms with Crippen molar-refractivity contribution in [1.29, 1.82) is 0 Å². The molecule has 0 aromatic heterocycles. The van der Waals surface area contributed by atoms with E-state index in [1.807, 2.05) is 7.05 Å². The number of piperazine rings is 1. The van der Waals surface area contributed by atoms with Crippen LogP contribution < -0.4 is 10.6 Å². The van der Waals surface area contributed by atoms with Gasteiger partial charge in [0.1, 0.15) is 0 Å². The molecule has 2 unspecified atom stereocenters. The fourth-order valence-electron chi connectivity index (χ4n) is 4.45. The fraction of sp³-hybridized carbons (Fsp3) is 0.708. The van der Waals surface area contributed by atoms with Gasteiger partial charge in [0.2, 0.25) is 0 Å². The number of halogens is 1. The number of aliphatic imine (C=N–C) groups is 1. The Morgan fingerprint density at radius 2 is 1.65 bits per heavy atom. The molecule has 0 saturated carbocycles. The highest BCUT2D eigenvalue weighted by Gasteiger charge is 2.31. The topological polar surface area (TPSA) is 46.1 Å². The number of likely N-dealkylation sites (tertiary alicyclic amines) is 1. The number of rotatable bonds is 7. The van der Waals surface area contributed by atoms with Crippen LogP contribution in [0.15, 0.2) is 29.3 Å². The summed E-state index contributed by atoms with van der Waals surface area (Å²) in [4.78, 5) is 12.1. The first-order valence-electron chi connectivity index (χ1n) is 11.7. The SMILES string of the molecule is CCN1CCN(Cc2ccc(CNC(=NC)NC3CN(C(C)C)CC3C)cc2)CC1.I. The molecule has 2 fully saturated rings. The highest BCUT2D eigenvalue weighted by Crippen LogP contribution is 2.18. The molecule has 2 saturated heterocycles. The summed E-state index contributed by atoms with van der Waals surface area (Å²) in [6.07, 6.45) is 0. The fourth-order valence-corrected chi connectivity index (χ4v) is 4.45. The number of hydrogen-bond donors (Lipinski definition) is 2. The molecule has 0 radical (unpaired) electrons. The molecule has 6 nitrogen and oxygen atoms in total. The first-order chi connectivity index (χ1) is 14.5. The highest BCUT2D eigenvalue weighted by atomic mass is 127. The van der Waals surface area contributed by atoms with Crippen molar-refractivity contribution in [2.45, 2.75) is 52.9 Å². The van der Waals surface area contributed by atoms with Crippen molar-refractivity contribution in [2.24, 2.45) is 10.9 Å². The maximum Gasteiger partial charge on any atom is 0.191 e. The molecule has 2 aliphatic heterocycles. The predicted molar refractivity (Wildman–Crippen MR) is 142 cm³/mol. The van der Waals surface area contributed by atoms with Crippen molar-refractivity contribution in [3.8, 4) is 0 Å². The largest absolute Gasteiger partial charge is 0.352 e. The molecule has 0 bridgehead atoms. The van der Waals surface area contributed by atoms with Gasteiger partial charge in [-0.15, -0.1) is 24.0 Å². The van der Waals surface area contributed by atoms with E-state index in [-0.39, 0.29) is 24.0 Å². The maximum absolute atomic E-state index is 4.44. The minimum absolute atomic E-state index is 0. The van der Waals surface area contributed by atoms with E-state index in [4.69, 9.17) is 0 Å². The van der Waals surface area contributed by atoms with Gasteiger partial charge < -0.3 is 15.5 Å². The molecule has 2 N–H and O–H groups in total. The Morgan fingerprint density at radius 1 is 1.03 bits per heavy atom. The van der Waals surface area contributed by atoms with Gasteiger partial charge >= 0.3 is 0 Å². The second-order valence-electron chi connectivity index (χ2n) is 9.23. The smallest absolute Gasteiger partial charge is 0.191 e. The summed E-state index contributed by atoms with van der Waals surface area (Å²) in [5, 5.41) is 7.12. The van der Waals surface area contributed by atoms with E-state index in [2.05, 4.69) is 82.3 Å². The molecule has 0 amide bonds. The zero-order valence-electron chi connectivity index (χ0n) is 20.1. The summed E-state index contributed by atoms with van der Waals surface area (Å²) in [7, 11) is 1.86. The van der Waals surface area contributed by atoms with E-state index in [0.29, 0.717) is 18.0 Å². The highest BCUT2D eigenvalue weighted by molar-refractivity contribution is 14.0.